The number of benzene rings is 2. The molecule has 2 N–H and O–H groups in total. The SMILES string of the molecule is Cc1cccc(NC(=S)N(CCN2CCOCC2)Cc2cc3cccc(C)c3[nH]c2=O)c1. The number of pyridine rings is 1. The molecule has 0 spiro atoms. The molecular weight excluding hydrogens is 420 g/mol. The molecule has 0 unspecified atom stereocenters. The molecule has 0 atom stereocenters. The van der Waals surface area contributed by atoms with Crippen LogP contribution in [0.2, 0.25) is 0 Å². The zero-order valence-electron chi connectivity index (χ0n) is 18.7. The van der Waals surface area contributed by atoms with E-state index in [-0.39, 0.29) is 5.56 Å². The quantitative estimate of drug-likeness (QED) is 0.559. The maximum absolute atomic E-state index is 12.9. The summed E-state index contributed by atoms with van der Waals surface area (Å²) in [5.74, 6) is 0. The number of morpholine rings is 1. The summed E-state index contributed by atoms with van der Waals surface area (Å²) < 4.78 is 5.47. The Kier molecular flexibility index (Phi) is 7.19. The topological polar surface area (TPSA) is 60.6 Å². The fraction of sp³-hybridized carbons (Fsp3) is 0.360. The van der Waals surface area contributed by atoms with Crippen molar-refractivity contribution in [2.75, 3.05) is 44.7 Å². The molecule has 3 aromatic rings. The highest BCUT2D eigenvalue weighted by Crippen LogP contribution is 2.17. The van der Waals surface area contributed by atoms with Gasteiger partial charge in [0.05, 0.1) is 25.3 Å². The van der Waals surface area contributed by atoms with Crippen molar-refractivity contribution in [2.45, 2.75) is 20.4 Å². The molecule has 32 heavy (non-hydrogen) atoms. The molecular formula is C25H30N4O2S. The van der Waals surface area contributed by atoms with Gasteiger partial charge in [-0.15, -0.1) is 0 Å². The first-order valence-corrected chi connectivity index (χ1v) is 11.4. The third-order valence-electron chi connectivity index (χ3n) is 5.87. The van der Waals surface area contributed by atoms with Crippen LogP contribution in [0.25, 0.3) is 10.9 Å². The van der Waals surface area contributed by atoms with Crippen LogP contribution in [-0.4, -0.2) is 59.3 Å². The monoisotopic (exact) mass is 450 g/mol. The Bertz CT molecular complexity index is 1150. The zero-order chi connectivity index (χ0) is 22.5. The van der Waals surface area contributed by atoms with Gasteiger partial charge in [0.2, 0.25) is 0 Å². The molecule has 168 valence electrons. The Hall–Kier alpha value is -2.74. The second-order valence-electron chi connectivity index (χ2n) is 8.34. The summed E-state index contributed by atoms with van der Waals surface area (Å²) in [6.45, 7) is 9.46. The molecule has 2 heterocycles. The van der Waals surface area contributed by atoms with Crippen molar-refractivity contribution in [3.05, 3.63) is 75.6 Å². The number of anilines is 1. The highest BCUT2D eigenvalue weighted by Gasteiger charge is 2.17. The predicted molar refractivity (Wildman–Crippen MR) is 134 cm³/mol. The van der Waals surface area contributed by atoms with Crippen LogP contribution in [0.1, 0.15) is 16.7 Å². The van der Waals surface area contributed by atoms with Gasteiger partial charge in [-0.3, -0.25) is 9.69 Å². The number of nitrogens with one attached hydrogen (secondary N) is 2. The van der Waals surface area contributed by atoms with Gasteiger partial charge in [0.1, 0.15) is 0 Å². The minimum Gasteiger partial charge on any atom is -0.379 e. The second-order valence-corrected chi connectivity index (χ2v) is 8.72. The molecule has 0 amide bonds. The van der Waals surface area contributed by atoms with E-state index in [0.29, 0.717) is 17.2 Å². The van der Waals surface area contributed by atoms with Gasteiger partial charge in [-0.25, -0.2) is 0 Å². The minimum absolute atomic E-state index is 0.0680. The zero-order valence-corrected chi connectivity index (χ0v) is 19.5. The number of para-hydroxylation sites is 1. The summed E-state index contributed by atoms with van der Waals surface area (Å²) >= 11 is 5.79. The summed E-state index contributed by atoms with van der Waals surface area (Å²) in [4.78, 5) is 20.4. The van der Waals surface area contributed by atoms with Crippen molar-refractivity contribution in [1.82, 2.24) is 14.8 Å². The van der Waals surface area contributed by atoms with E-state index in [1.54, 1.807) is 0 Å². The minimum atomic E-state index is -0.0680. The number of thiocarbonyl (C=S) groups is 1. The lowest BCUT2D eigenvalue weighted by Gasteiger charge is -2.31. The number of ether oxygens (including phenoxy) is 1. The Balaban J connectivity index is 1.56. The van der Waals surface area contributed by atoms with Crippen molar-refractivity contribution in [1.29, 1.82) is 0 Å². The molecule has 2 aromatic carbocycles. The molecule has 1 aliphatic heterocycles. The van der Waals surface area contributed by atoms with E-state index in [0.717, 1.165) is 61.5 Å². The number of H-pyrrole nitrogens is 1. The molecule has 1 aliphatic rings. The van der Waals surface area contributed by atoms with Crippen molar-refractivity contribution in [3.63, 3.8) is 0 Å². The molecule has 7 heteroatoms. The molecule has 1 saturated heterocycles. The Morgan fingerprint density at radius 2 is 1.94 bits per heavy atom. The molecule has 0 aliphatic carbocycles. The Morgan fingerprint density at radius 3 is 2.72 bits per heavy atom. The van der Waals surface area contributed by atoms with Crippen molar-refractivity contribution in [3.8, 4) is 0 Å². The van der Waals surface area contributed by atoms with Crippen LogP contribution < -0.4 is 10.9 Å². The fourth-order valence-electron chi connectivity index (χ4n) is 4.02. The number of aromatic amines is 1. The maximum atomic E-state index is 12.9. The Morgan fingerprint density at radius 1 is 1.16 bits per heavy atom. The summed E-state index contributed by atoms with van der Waals surface area (Å²) in [6, 6.07) is 16.2. The lowest BCUT2D eigenvalue weighted by atomic mass is 10.1. The van der Waals surface area contributed by atoms with Gasteiger partial charge in [0, 0.05) is 37.4 Å². The largest absolute Gasteiger partial charge is 0.379 e. The highest BCUT2D eigenvalue weighted by molar-refractivity contribution is 7.80. The number of nitrogens with zero attached hydrogens (tertiary/aromatic N) is 2. The average molecular weight is 451 g/mol. The lowest BCUT2D eigenvalue weighted by molar-refractivity contribution is 0.0358. The van der Waals surface area contributed by atoms with Crippen LogP contribution in [0.4, 0.5) is 5.69 Å². The van der Waals surface area contributed by atoms with Crippen LogP contribution in [0.3, 0.4) is 0 Å². The number of hydrogen-bond donors (Lipinski definition) is 2. The van der Waals surface area contributed by atoms with Crippen LogP contribution in [0.15, 0.2) is 53.3 Å². The van der Waals surface area contributed by atoms with Gasteiger partial charge in [0.25, 0.3) is 5.56 Å². The average Bonchev–Trinajstić information content (AvgIpc) is 2.78. The van der Waals surface area contributed by atoms with E-state index in [4.69, 9.17) is 17.0 Å². The number of hydrogen-bond acceptors (Lipinski definition) is 4. The normalized spacial score (nSPS) is 14.4. The second kappa shape index (κ2) is 10.3. The number of aryl methyl sites for hydroxylation is 2. The molecule has 6 nitrogen and oxygen atoms in total. The van der Waals surface area contributed by atoms with Crippen molar-refractivity contribution >= 4 is 33.9 Å². The molecule has 1 aromatic heterocycles. The fourth-order valence-corrected chi connectivity index (χ4v) is 4.29. The first-order valence-electron chi connectivity index (χ1n) is 11.0. The first-order chi connectivity index (χ1) is 15.5. The van der Waals surface area contributed by atoms with Crippen LogP contribution >= 0.6 is 12.2 Å². The van der Waals surface area contributed by atoms with Crippen molar-refractivity contribution in [2.24, 2.45) is 0 Å². The van der Waals surface area contributed by atoms with Gasteiger partial charge >= 0.3 is 0 Å². The maximum Gasteiger partial charge on any atom is 0.253 e. The van der Waals surface area contributed by atoms with Crippen LogP contribution in [0, 0.1) is 13.8 Å². The Labute approximate surface area is 194 Å². The first kappa shape index (κ1) is 22.5. The molecule has 0 radical (unpaired) electrons. The van der Waals surface area contributed by atoms with Gasteiger partial charge < -0.3 is 19.9 Å². The summed E-state index contributed by atoms with van der Waals surface area (Å²) in [6.07, 6.45) is 0. The van der Waals surface area contributed by atoms with Gasteiger partial charge in [-0.1, -0.05) is 30.3 Å². The van der Waals surface area contributed by atoms with Gasteiger partial charge in [-0.2, -0.15) is 0 Å². The number of rotatable bonds is 6. The van der Waals surface area contributed by atoms with E-state index >= 15 is 0 Å². The van der Waals surface area contributed by atoms with E-state index in [9.17, 15) is 4.79 Å². The third-order valence-corrected chi connectivity index (χ3v) is 6.23. The molecule has 4 rings (SSSR count). The molecule has 0 saturated carbocycles. The van der Waals surface area contributed by atoms with E-state index < -0.39 is 0 Å². The number of aromatic nitrogens is 1. The summed E-state index contributed by atoms with van der Waals surface area (Å²) in [5, 5.41) is 5.01. The number of fused-ring (bicyclic) bond motifs is 1. The predicted octanol–water partition coefficient (Wildman–Crippen LogP) is 3.68. The van der Waals surface area contributed by atoms with E-state index in [2.05, 4.69) is 39.2 Å². The standard InChI is InChI=1S/C25H30N4O2S/c1-18-5-3-8-22(15-18)26-25(32)29(10-9-28-11-13-31-14-12-28)17-21-16-20-7-4-6-19(2)23(20)27-24(21)30/h3-8,15-16H,9-14,17H2,1-2H3,(H,26,32)(H,27,30). The molecule has 1 fully saturated rings. The smallest absolute Gasteiger partial charge is 0.253 e. The third kappa shape index (κ3) is 5.54. The lowest BCUT2D eigenvalue weighted by Crippen LogP contribution is -2.44. The van der Waals surface area contributed by atoms with Crippen molar-refractivity contribution < 1.29 is 4.74 Å². The van der Waals surface area contributed by atoms with Gasteiger partial charge in [0.15, 0.2) is 5.11 Å². The highest BCUT2D eigenvalue weighted by atomic mass is 32.1. The molecule has 0 bridgehead atoms. The van der Waals surface area contributed by atoms with E-state index in [1.807, 2.05) is 43.3 Å². The summed E-state index contributed by atoms with van der Waals surface area (Å²) in [7, 11) is 0. The van der Waals surface area contributed by atoms with Gasteiger partial charge in [-0.05, 0) is 60.8 Å². The summed E-state index contributed by atoms with van der Waals surface area (Å²) in [5.41, 5.74) is 4.71. The van der Waals surface area contributed by atoms with E-state index in [1.165, 1.54) is 5.56 Å². The van der Waals surface area contributed by atoms with Crippen LogP contribution in [-0.2, 0) is 11.3 Å². The van der Waals surface area contributed by atoms with Crippen LogP contribution in [0.5, 0.6) is 0 Å².